The molecule has 1 aliphatic carbocycles. The molecule has 1 rings (SSSR count). The molecule has 0 spiro atoms. The zero-order chi connectivity index (χ0) is 9.14. The number of Topliss-reactive ketones (excluding diaryl/α,β-unsaturated/α-hetero) is 1. The maximum absolute atomic E-state index is 11.1. The van der Waals surface area contributed by atoms with E-state index >= 15 is 0 Å². The number of rotatable bonds is 1. The van der Waals surface area contributed by atoms with Crippen LogP contribution >= 0.6 is 15.9 Å². The monoisotopic (exact) mass is 233 g/mol. The second-order valence-corrected chi connectivity index (χ2v) is 4.21. The molecular formula is C8H12BrNO2. The number of hydrogen-bond donors (Lipinski definition) is 1. The van der Waals surface area contributed by atoms with Crippen molar-refractivity contribution in [1.82, 2.24) is 5.32 Å². The average Bonchev–Trinajstić information content (AvgIpc) is 1.96. The van der Waals surface area contributed by atoms with E-state index in [-0.39, 0.29) is 22.6 Å². The highest BCUT2D eigenvalue weighted by molar-refractivity contribution is 9.10. The van der Waals surface area contributed by atoms with Crippen LogP contribution in [-0.2, 0) is 9.59 Å². The van der Waals surface area contributed by atoms with Gasteiger partial charge in [-0.3, -0.25) is 9.59 Å². The van der Waals surface area contributed by atoms with Crippen molar-refractivity contribution < 1.29 is 9.59 Å². The molecule has 0 aliphatic heterocycles. The summed E-state index contributed by atoms with van der Waals surface area (Å²) in [4.78, 5) is 21.7. The Morgan fingerprint density at radius 3 is 2.83 bits per heavy atom. The van der Waals surface area contributed by atoms with Gasteiger partial charge in [0.05, 0.1) is 4.83 Å². The first kappa shape index (κ1) is 9.71. The van der Waals surface area contributed by atoms with Gasteiger partial charge in [0.2, 0.25) is 5.91 Å². The predicted molar refractivity (Wildman–Crippen MR) is 49.2 cm³/mol. The molecule has 1 fully saturated rings. The van der Waals surface area contributed by atoms with Crippen LogP contribution in [0.4, 0.5) is 0 Å². The smallest absolute Gasteiger partial charge is 0.217 e. The molecule has 1 N–H and O–H groups in total. The highest BCUT2D eigenvalue weighted by atomic mass is 79.9. The van der Waals surface area contributed by atoms with Gasteiger partial charge in [-0.2, -0.15) is 0 Å². The van der Waals surface area contributed by atoms with Crippen molar-refractivity contribution in [3.63, 3.8) is 0 Å². The molecule has 0 aromatic carbocycles. The molecular weight excluding hydrogens is 222 g/mol. The van der Waals surface area contributed by atoms with Crippen molar-refractivity contribution in [2.24, 2.45) is 0 Å². The first-order chi connectivity index (χ1) is 5.59. The first-order valence-corrected chi connectivity index (χ1v) is 4.95. The van der Waals surface area contributed by atoms with Crippen LogP contribution < -0.4 is 5.32 Å². The minimum absolute atomic E-state index is 0.0194. The Morgan fingerprint density at radius 1 is 1.67 bits per heavy atom. The lowest BCUT2D eigenvalue weighted by atomic mass is 9.94. The quantitative estimate of drug-likeness (QED) is 0.688. The van der Waals surface area contributed by atoms with Crippen LogP contribution in [0, 0.1) is 0 Å². The minimum atomic E-state index is -0.0666. The van der Waals surface area contributed by atoms with Gasteiger partial charge in [-0.25, -0.2) is 0 Å². The van der Waals surface area contributed by atoms with E-state index in [0.717, 1.165) is 12.8 Å². The van der Waals surface area contributed by atoms with Crippen LogP contribution in [0.25, 0.3) is 0 Å². The minimum Gasteiger partial charge on any atom is -0.354 e. The normalized spacial score (nSPS) is 30.0. The third kappa shape index (κ3) is 2.59. The lowest BCUT2D eigenvalue weighted by Crippen LogP contribution is -2.40. The Kier molecular flexibility index (Phi) is 3.26. The summed E-state index contributed by atoms with van der Waals surface area (Å²) >= 11 is 3.28. The van der Waals surface area contributed by atoms with Gasteiger partial charge in [0.1, 0.15) is 5.78 Å². The molecule has 68 valence electrons. The standard InChI is InChI=1S/C8H12BrNO2/c1-5(11)10-6-2-3-8(12)7(9)4-6/h6-7H,2-4H2,1H3,(H,10,11)/t6-,7+/m1/s1. The summed E-state index contributed by atoms with van der Waals surface area (Å²) < 4.78 is 0. The zero-order valence-electron chi connectivity index (χ0n) is 6.97. The van der Waals surface area contributed by atoms with Crippen LogP contribution in [0.1, 0.15) is 26.2 Å². The highest BCUT2D eigenvalue weighted by Gasteiger charge is 2.26. The van der Waals surface area contributed by atoms with E-state index in [1.165, 1.54) is 6.92 Å². The van der Waals surface area contributed by atoms with E-state index in [1.54, 1.807) is 0 Å². The Bertz CT molecular complexity index is 205. The van der Waals surface area contributed by atoms with Gasteiger partial charge in [-0.1, -0.05) is 15.9 Å². The maximum Gasteiger partial charge on any atom is 0.217 e. The van der Waals surface area contributed by atoms with Gasteiger partial charge in [0.15, 0.2) is 0 Å². The summed E-state index contributed by atoms with van der Waals surface area (Å²) in [7, 11) is 0. The number of alkyl halides is 1. The number of carbonyl (C=O) groups excluding carboxylic acids is 2. The van der Waals surface area contributed by atoms with Gasteiger partial charge in [0, 0.05) is 19.4 Å². The summed E-state index contributed by atoms with van der Waals surface area (Å²) in [5.74, 6) is 0.227. The maximum atomic E-state index is 11.1. The van der Waals surface area contributed by atoms with Crippen LogP contribution in [0.2, 0.25) is 0 Å². The van der Waals surface area contributed by atoms with Gasteiger partial charge in [-0.15, -0.1) is 0 Å². The number of nitrogens with one attached hydrogen (secondary N) is 1. The average molecular weight is 234 g/mol. The molecule has 0 aromatic heterocycles. The molecule has 0 aromatic rings. The lowest BCUT2D eigenvalue weighted by Gasteiger charge is -2.24. The molecule has 3 nitrogen and oxygen atoms in total. The van der Waals surface area contributed by atoms with Crippen LogP contribution in [0.5, 0.6) is 0 Å². The number of halogens is 1. The Balaban J connectivity index is 2.40. The van der Waals surface area contributed by atoms with Crippen molar-refractivity contribution >= 4 is 27.6 Å². The molecule has 12 heavy (non-hydrogen) atoms. The van der Waals surface area contributed by atoms with Crippen LogP contribution in [0.3, 0.4) is 0 Å². The van der Waals surface area contributed by atoms with Crippen molar-refractivity contribution in [3.8, 4) is 0 Å². The van der Waals surface area contributed by atoms with Gasteiger partial charge in [-0.05, 0) is 12.8 Å². The van der Waals surface area contributed by atoms with Gasteiger partial charge < -0.3 is 5.32 Å². The Morgan fingerprint density at radius 2 is 2.33 bits per heavy atom. The van der Waals surface area contributed by atoms with Crippen molar-refractivity contribution in [3.05, 3.63) is 0 Å². The first-order valence-electron chi connectivity index (χ1n) is 4.03. The largest absolute Gasteiger partial charge is 0.354 e. The summed E-state index contributed by atoms with van der Waals surface area (Å²) in [5.41, 5.74) is 0. The molecule has 1 aliphatic rings. The zero-order valence-corrected chi connectivity index (χ0v) is 8.56. The molecule has 2 atom stereocenters. The van der Waals surface area contributed by atoms with E-state index < -0.39 is 0 Å². The van der Waals surface area contributed by atoms with Gasteiger partial charge >= 0.3 is 0 Å². The fourth-order valence-corrected chi connectivity index (χ4v) is 2.07. The van der Waals surface area contributed by atoms with Crippen LogP contribution in [-0.4, -0.2) is 22.6 Å². The van der Waals surface area contributed by atoms with Crippen LogP contribution in [0.15, 0.2) is 0 Å². The molecule has 4 heteroatoms. The molecule has 1 amide bonds. The van der Waals surface area contributed by atoms with Crippen molar-refractivity contribution in [1.29, 1.82) is 0 Å². The van der Waals surface area contributed by atoms with E-state index in [1.807, 2.05) is 0 Å². The molecule has 0 bridgehead atoms. The number of carbonyl (C=O) groups is 2. The fourth-order valence-electron chi connectivity index (χ4n) is 1.39. The summed E-state index contributed by atoms with van der Waals surface area (Å²) in [6, 6.07) is 0.171. The summed E-state index contributed by atoms with van der Waals surface area (Å²) in [6.07, 6.45) is 2.07. The van der Waals surface area contributed by atoms with E-state index in [4.69, 9.17) is 0 Å². The summed E-state index contributed by atoms with van der Waals surface area (Å²) in [5, 5.41) is 2.81. The number of amides is 1. The topological polar surface area (TPSA) is 46.2 Å². The Hall–Kier alpha value is -0.380. The van der Waals surface area contributed by atoms with Crippen molar-refractivity contribution in [2.75, 3.05) is 0 Å². The van der Waals surface area contributed by atoms with Crippen molar-refractivity contribution in [2.45, 2.75) is 37.1 Å². The molecule has 0 heterocycles. The molecule has 1 saturated carbocycles. The fraction of sp³-hybridized carbons (Fsp3) is 0.750. The SMILES string of the molecule is CC(=O)N[C@@H]1CCC(=O)[C@@H](Br)C1. The number of ketones is 1. The lowest BCUT2D eigenvalue weighted by molar-refractivity contribution is -0.123. The third-order valence-electron chi connectivity index (χ3n) is 1.99. The molecule has 0 radical (unpaired) electrons. The molecule has 0 saturated heterocycles. The highest BCUT2D eigenvalue weighted by Crippen LogP contribution is 2.21. The summed E-state index contributed by atoms with van der Waals surface area (Å²) in [6.45, 7) is 1.50. The van der Waals surface area contributed by atoms with E-state index in [9.17, 15) is 9.59 Å². The van der Waals surface area contributed by atoms with Gasteiger partial charge in [0.25, 0.3) is 0 Å². The second kappa shape index (κ2) is 4.03. The third-order valence-corrected chi connectivity index (χ3v) is 2.87. The van der Waals surface area contributed by atoms with E-state index in [0.29, 0.717) is 6.42 Å². The predicted octanol–water partition coefficient (Wildman–Crippen LogP) is 1.01. The van der Waals surface area contributed by atoms with E-state index in [2.05, 4.69) is 21.2 Å². The second-order valence-electron chi connectivity index (χ2n) is 3.11. The Labute approximate surface area is 80.0 Å². The number of hydrogen-bond acceptors (Lipinski definition) is 2. The molecule has 0 unspecified atom stereocenters.